The summed E-state index contributed by atoms with van der Waals surface area (Å²) in [6, 6.07) is 9.02. The monoisotopic (exact) mass is 346 g/mol. The Morgan fingerprint density at radius 2 is 1.62 bits per heavy atom. The van der Waals surface area contributed by atoms with Gasteiger partial charge in [-0.1, -0.05) is 25.5 Å². The molecule has 0 atom stereocenters. The molecule has 7 heteroatoms. The second-order valence-corrected chi connectivity index (χ2v) is 7.77. The van der Waals surface area contributed by atoms with E-state index in [1.165, 1.54) is 5.56 Å². The van der Waals surface area contributed by atoms with Crippen LogP contribution < -0.4 is 4.90 Å². The van der Waals surface area contributed by atoms with Gasteiger partial charge in [0.25, 0.3) is 0 Å². The molecule has 1 aromatic carbocycles. The highest BCUT2D eigenvalue weighted by Crippen LogP contribution is 2.20. The maximum Gasteiger partial charge on any atom is 0.243 e. The maximum absolute atomic E-state index is 12.8. The van der Waals surface area contributed by atoms with Crippen molar-refractivity contribution in [3.8, 4) is 0 Å². The molecule has 0 saturated carbocycles. The molecule has 0 bridgehead atoms. The molecule has 0 spiro atoms. The average molecular weight is 346 g/mol. The second kappa shape index (κ2) is 7.27. The Balaban J connectivity index is 1.68. The summed E-state index contributed by atoms with van der Waals surface area (Å²) >= 11 is 0. The number of piperazine rings is 1. The van der Waals surface area contributed by atoms with Crippen molar-refractivity contribution >= 4 is 16.0 Å². The van der Waals surface area contributed by atoms with E-state index in [4.69, 9.17) is 0 Å². The van der Waals surface area contributed by atoms with Gasteiger partial charge in [0, 0.05) is 38.6 Å². The van der Waals surface area contributed by atoms with Crippen LogP contribution in [0.25, 0.3) is 0 Å². The lowest BCUT2D eigenvalue weighted by Crippen LogP contribution is -2.49. The molecule has 1 aromatic heterocycles. The summed E-state index contributed by atoms with van der Waals surface area (Å²) in [6.07, 6.45) is 5.41. The lowest BCUT2D eigenvalue weighted by atomic mass is 10.1. The Kier molecular flexibility index (Phi) is 5.11. The summed E-state index contributed by atoms with van der Waals surface area (Å²) in [5.41, 5.74) is 1.17. The van der Waals surface area contributed by atoms with Crippen LogP contribution in [0.2, 0.25) is 0 Å². The van der Waals surface area contributed by atoms with E-state index in [0.29, 0.717) is 37.0 Å². The zero-order chi connectivity index (χ0) is 17.0. The van der Waals surface area contributed by atoms with Crippen LogP contribution in [0.15, 0.2) is 47.6 Å². The van der Waals surface area contributed by atoms with E-state index < -0.39 is 10.0 Å². The summed E-state index contributed by atoms with van der Waals surface area (Å²) in [7, 11) is -3.43. The molecular weight excluding hydrogens is 324 g/mol. The van der Waals surface area contributed by atoms with Crippen LogP contribution in [0.5, 0.6) is 0 Å². The molecule has 2 heterocycles. The number of hydrogen-bond acceptors (Lipinski definition) is 5. The van der Waals surface area contributed by atoms with Crippen LogP contribution in [-0.2, 0) is 16.4 Å². The molecule has 0 N–H and O–H groups in total. The molecule has 24 heavy (non-hydrogen) atoms. The van der Waals surface area contributed by atoms with E-state index >= 15 is 0 Å². The summed E-state index contributed by atoms with van der Waals surface area (Å²) in [5.74, 6) is 0.651. The van der Waals surface area contributed by atoms with Gasteiger partial charge in [0.05, 0.1) is 4.90 Å². The minimum atomic E-state index is -3.43. The predicted octanol–water partition coefficient (Wildman–Crippen LogP) is 1.94. The molecule has 0 amide bonds. The number of sulfonamides is 1. The normalized spacial score (nSPS) is 16.3. The molecule has 1 aliphatic rings. The van der Waals surface area contributed by atoms with Gasteiger partial charge in [-0.25, -0.2) is 18.4 Å². The van der Waals surface area contributed by atoms with Gasteiger partial charge in [0.2, 0.25) is 16.0 Å². The molecule has 0 unspecified atom stereocenters. The van der Waals surface area contributed by atoms with E-state index in [-0.39, 0.29) is 0 Å². The minimum Gasteiger partial charge on any atom is -0.338 e. The van der Waals surface area contributed by atoms with Crippen LogP contribution in [0.4, 0.5) is 5.95 Å². The van der Waals surface area contributed by atoms with Crippen LogP contribution in [0, 0.1) is 0 Å². The highest BCUT2D eigenvalue weighted by Gasteiger charge is 2.29. The standard InChI is InChI=1S/C17H22N4O2S/c1-2-4-15-5-7-16(8-6-15)24(22,23)21-13-11-20(12-14-21)17-18-9-3-10-19-17/h3,5-10H,2,4,11-14H2,1H3. The number of aryl methyl sites for hydroxylation is 1. The minimum absolute atomic E-state index is 0.367. The first-order valence-electron chi connectivity index (χ1n) is 8.22. The van der Waals surface area contributed by atoms with Gasteiger partial charge in [-0.05, 0) is 30.2 Å². The van der Waals surface area contributed by atoms with Gasteiger partial charge < -0.3 is 4.90 Å². The highest BCUT2D eigenvalue weighted by molar-refractivity contribution is 7.89. The fourth-order valence-electron chi connectivity index (χ4n) is 2.85. The molecular formula is C17H22N4O2S. The first-order valence-corrected chi connectivity index (χ1v) is 9.66. The third-order valence-electron chi connectivity index (χ3n) is 4.17. The summed E-state index contributed by atoms with van der Waals surface area (Å²) in [5, 5.41) is 0. The number of rotatable bonds is 5. The Hall–Kier alpha value is -1.99. The van der Waals surface area contributed by atoms with Crippen molar-refractivity contribution in [2.45, 2.75) is 24.7 Å². The SMILES string of the molecule is CCCc1ccc(S(=O)(=O)N2CCN(c3ncccn3)CC2)cc1. The maximum atomic E-state index is 12.8. The van der Waals surface area contributed by atoms with Crippen molar-refractivity contribution in [3.63, 3.8) is 0 Å². The molecule has 6 nitrogen and oxygen atoms in total. The predicted molar refractivity (Wildman–Crippen MR) is 93.4 cm³/mol. The van der Waals surface area contributed by atoms with Gasteiger partial charge in [-0.3, -0.25) is 0 Å². The molecule has 128 valence electrons. The molecule has 0 radical (unpaired) electrons. The lowest BCUT2D eigenvalue weighted by molar-refractivity contribution is 0.382. The molecule has 1 aliphatic heterocycles. The third-order valence-corrected chi connectivity index (χ3v) is 6.09. The molecule has 1 saturated heterocycles. The van der Waals surface area contributed by atoms with E-state index in [2.05, 4.69) is 16.9 Å². The summed E-state index contributed by atoms with van der Waals surface area (Å²) in [6.45, 7) is 4.18. The van der Waals surface area contributed by atoms with Crippen molar-refractivity contribution in [1.82, 2.24) is 14.3 Å². The van der Waals surface area contributed by atoms with E-state index in [1.807, 2.05) is 17.0 Å². The average Bonchev–Trinajstić information content (AvgIpc) is 2.63. The van der Waals surface area contributed by atoms with Crippen LogP contribution >= 0.6 is 0 Å². The topological polar surface area (TPSA) is 66.4 Å². The van der Waals surface area contributed by atoms with Gasteiger partial charge in [0.15, 0.2) is 0 Å². The molecule has 1 fully saturated rings. The van der Waals surface area contributed by atoms with Crippen molar-refractivity contribution in [2.24, 2.45) is 0 Å². The first-order chi connectivity index (χ1) is 11.6. The van der Waals surface area contributed by atoms with Crippen molar-refractivity contribution in [2.75, 3.05) is 31.1 Å². The molecule has 0 aliphatic carbocycles. The first kappa shape index (κ1) is 16.9. The molecule has 3 rings (SSSR count). The Morgan fingerprint density at radius 3 is 2.21 bits per heavy atom. The van der Waals surface area contributed by atoms with Gasteiger partial charge in [-0.2, -0.15) is 4.31 Å². The van der Waals surface area contributed by atoms with Crippen LogP contribution in [0.3, 0.4) is 0 Å². The zero-order valence-electron chi connectivity index (χ0n) is 13.8. The largest absolute Gasteiger partial charge is 0.338 e. The Bertz CT molecular complexity index is 755. The number of benzene rings is 1. The van der Waals surface area contributed by atoms with Gasteiger partial charge >= 0.3 is 0 Å². The fraction of sp³-hybridized carbons (Fsp3) is 0.412. The van der Waals surface area contributed by atoms with Crippen LogP contribution in [0.1, 0.15) is 18.9 Å². The van der Waals surface area contributed by atoms with E-state index in [1.54, 1.807) is 34.9 Å². The van der Waals surface area contributed by atoms with Crippen molar-refractivity contribution in [1.29, 1.82) is 0 Å². The van der Waals surface area contributed by atoms with Gasteiger partial charge in [-0.15, -0.1) is 0 Å². The summed E-state index contributed by atoms with van der Waals surface area (Å²) in [4.78, 5) is 10.8. The quantitative estimate of drug-likeness (QED) is 0.828. The number of hydrogen-bond donors (Lipinski definition) is 0. The van der Waals surface area contributed by atoms with Crippen molar-refractivity contribution in [3.05, 3.63) is 48.3 Å². The third kappa shape index (κ3) is 3.57. The second-order valence-electron chi connectivity index (χ2n) is 5.83. The highest BCUT2D eigenvalue weighted by atomic mass is 32.2. The summed E-state index contributed by atoms with van der Waals surface area (Å²) < 4.78 is 27.1. The van der Waals surface area contributed by atoms with Gasteiger partial charge in [0.1, 0.15) is 0 Å². The zero-order valence-corrected chi connectivity index (χ0v) is 14.6. The van der Waals surface area contributed by atoms with E-state index in [9.17, 15) is 8.42 Å². The fourth-order valence-corrected chi connectivity index (χ4v) is 4.27. The smallest absolute Gasteiger partial charge is 0.243 e. The number of aromatic nitrogens is 2. The van der Waals surface area contributed by atoms with E-state index in [0.717, 1.165) is 12.8 Å². The number of anilines is 1. The Labute approximate surface area is 143 Å². The van der Waals surface area contributed by atoms with Crippen LogP contribution in [-0.4, -0.2) is 48.9 Å². The number of nitrogens with zero attached hydrogens (tertiary/aromatic N) is 4. The van der Waals surface area contributed by atoms with Crippen molar-refractivity contribution < 1.29 is 8.42 Å². The lowest BCUT2D eigenvalue weighted by Gasteiger charge is -2.33. The molecule has 2 aromatic rings. The Morgan fingerprint density at radius 1 is 1.00 bits per heavy atom.